The summed E-state index contributed by atoms with van der Waals surface area (Å²) in [5.41, 5.74) is 0. The van der Waals surface area contributed by atoms with E-state index in [-0.39, 0.29) is 0 Å². The van der Waals surface area contributed by atoms with E-state index < -0.39 is 5.82 Å². The van der Waals surface area contributed by atoms with Crippen LogP contribution in [0.4, 0.5) is 10.3 Å². The van der Waals surface area contributed by atoms with E-state index in [0.29, 0.717) is 12.5 Å². The van der Waals surface area contributed by atoms with Crippen molar-refractivity contribution in [2.75, 3.05) is 5.32 Å². The molecule has 0 saturated carbocycles. The maximum Gasteiger partial charge on any atom is 0.223 e. The first-order valence-electron chi connectivity index (χ1n) is 4.87. The second kappa shape index (κ2) is 4.65. The van der Waals surface area contributed by atoms with Crippen molar-refractivity contribution in [1.82, 2.24) is 24.7 Å². The molecule has 0 unspecified atom stereocenters. The zero-order chi connectivity index (χ0) is 11.4. The maximum atomic E-state index is 12.5. The zero-order valence-corrected chi connectivity index (χ0v) is 8.76. The average molecular weight is 222 g/mol. The molecule has 1 N–H and O–H groups in total. The Hall–Kier alpha value is -2.05. The second-order valence-corrected chi connectivity index (χ2v) is 3.11. The second-order valence-electron chi connectivity index (χ2n) is 3.11. The standard InChI is InChI=1S/C9H11FN6/c1-2-16-6-14-15-8(16)5-13-9-11-3-7(10)4-12-9/h3-4,6H,2,5H2,1H3,(H,11,12,13). The third-order valence-corrected chi connectivity index (χ3v) is 2.06. The number of rotatable bonds is 4. The monoisotopic (exact) mass is 222 g/mol. The Balaban J connectivity index is 1.99. The van der Waals surface area contributed by atoms with Gasteiger partial charge in [-0.3, -0.25) is 0 Å². The molecule has 0 fully saturated rings. The van der Waals surface area contributed by atoms with Crippen LogP contribution in [0.3, 0.4) is 0 Å². The highest BCUT2D eigenvalue weighted by Gasteiger charge is 2.03. The Morgan fingerprint density at radius 3 is 2.81 bits per heavy atom. The topological polar surface area (TPSA) is 68.5 Å². The molecule has 0 spiro atoms. The van der Waals surface area contributed by atoms with Gasteiger partial charge < -0.3 is 9.88 Å². The predicted molar refractivity (Wildman–Crippen MR) is 55.0 cm³/mol. The Morgan fingerprint density at radius 2 is 2.12 bits per heavy atom. The number of aromatic nitrogens is 5. The van der Waals surface area contributed by atoms with Crippen LogP contribution in [0, 0.1) is 5.82 Å². The Kier molecular flexibility index (Phi) is 3.04. The molecule has 0 bridgehead atoms. The van der Waals surface area contributed by atoms with Gasteiger partial charge in [0.05, 0.1) is 18.9 Å². The number of halogens is 1. The summed E-state index contributed by atoms with van der Waals surface area (Å²) < 4.78 is 14.4. The minimum Gasteiger partial charge on any atom is -0.347 e. The van der Waals surface area contributed by atoms with Gasteiger partial charge in [-0.15, -0.1) is 10.2 Å². The lowest BCUT2D eigenvalue weighted by Gasteiger charge is -2.04. The number of aryl methyl sites for hydroxylation is 1. The maximum absolute atomic E-state index is 12.5. The molecule has 2 aromatic rings. The smallest absolute Gasteiger partial charge is 0.223 e. The van der Waals surface area contributed by atoms with Gasteiger partial charge in [0.2, 0.25) is 5.95 Å². The molecule has 0 aliphatic carbocycles. The van der Waals surface area contributed by atoms with E-state index in [1.807, 2.05) is 11.5 Å². The number of hydrogen-bond donors (Lipinski definition) is 1. The number of nitrogens with zero attached hydrogens (tertiary/aromatic N) is 5. The van der Waals surface area contributed by atoms with Gasteiger partial charge in [0.25, 0.3) is 0 Å². The van der Waals surface area contributed by atoms with Crippen LogP contribution in [0.1, 0.15) is 12.7 Å². The lowest BCUT2D eigenvalue weighted by Crippen LogP contribution is -2.09. The highest BCUT2D eigenvalue weighted by atomic mass is 19.1. The molecule has 0 amide bonds. The summed E-state index contributed by atoms with van der Waals surface area (Å²) in [5, 5.41) is 10.7. The Labute approximate surface area is 91.6 Å². The van der Waals surface area contributed by atoms with E-state index >= 15 is 0 Å². The zero-order valence-electron chi connectivity index (χ0n) is 8.76. The van der Waals surface area contributed by atoms with Crippen LogP contribution in [-0.4, -0.2) is 24.7 Å². The van der Waals surface area contributed by atoms with Crippen LogP contribution >= 0.6 is 0 Å². The molecule has 0 aliphatic heterocycles. The molecule has 0 aliphatic rings. The van der Waals surface area contributed by atoms with Crippen LogP contribution in [0.25, 0.3) is 0 Å². The minimum absolute atomic E-state index is 0.368. The summed E-state index contributed by atoms with van der Waals surface area (Å²) in [6.45, 7) is 3.26. The van der Waals surface area contributed by atoms with Crippen molar-refractivity contribution >= 4 is 5.95 Å². The van der Waals surface area contributed by atoms with Gasteiger partial charge >= 0.3 is 0 Å². The summed E-state index contributed by atoms with van der Waals surface area (Å²) in [6, 6.07) is 0. The molecule has 0 saturated heterocycles. The largest absolute Gasteiger partial charge is 0.347 e. The van der Waals surface area contributed by atoms with E-state index in [9.17, 15) is 4.39 Å². The first kappa shape index (κ1) is 10.5. The van der Waals surface area contributed by atoms with Gasteiger partial charge in [0, 0.05) is 6.54 Å². The van der Waals surface area contributed by atoms with Gasteiger partial charge in [-0.25, -0.2) is 14.4 Å². The van der Waals surface area contributed by atoms with Crippen molar-refractivity contribution in [2.45, 2.75) is 20.0 Å². The number of nitrogens with one attached hydrogen (secondary N) is 1. The quantitative estimate of drug-likeness (QED) is 0.830. The lowest BCUT2D eigenvalue weighted by molar-refractivity contribution is 0.613. The van der Waals surface area contributed by atoms with Crippen LogP contribution in [0.5, 0.6) is 0 Å². The molecule has 16 heavy (non-hydrogen) atoms. The summed E-state index contributed by atoms with van der Waals surface area (Å²) >= 11 is 0. The van der Waals surface area contributed by atoms with E-state index in [1.54, 1.807) is 6.33 Å². The van der Waals surface area contributed by atoms with Gasteiger partial charge in [-0.1, -0.05) is 0 Å². The van der Waals surface area contributed by atoms with Crippen molar-refractivity contribution in [2.24, 2.45) is 0 Å². The van der Waals surface area contributed by atoms with Crippen molar-refractivity contribution in [3.05, 3.63) is 30.4 Å². The molecular formula is C9H11FN6. The predicted octanol–water partition coefficient (Wildman–Crippen LogP) is 0.839. The third kappa shape index (κ3) is 2.30. The lowest BCUT2D eigenvalue weighted by atomic mass is 10.5. The molecular weight excluding hydrogens is 211 g/mol. The van der Waals surface area contributed by atoms with Crippen LogP contribution < -0.4 is 5.32 Å². The van der Waals surface area contributed by atoms with Crippen molar-refractivity contribution in [3.8, 4) is 0 Å². The molecule has 7 heteroatoms. The van der Waals surface area contributed by atoms with Crippen molar-refractivity contribution < 1.29 is 4.39 Å². The Bertz CT molecular complexity index is 451. The fourth-order valence-electron chi connectivity index (χ4n) is 1.24. The van der Waals surface area contributed by atoms with Crippen LogP contribution in [0.15, 0.2) is 18.7 Å². The van der Waals surface area contributed by atoms with E-state index in [1.165, 1.54) is 0 Å². The molecule has 2 rings (SSSR count). The first-order chi connectivity index (χ1) is 7.79. The van der Waals surface area contributed by atoms with Crippen molar-refractivity contribution in [1.29, 1.82) is 0 Å². The molecule has 0 atom stereocenters. The normalized spacial score (nSPS) is 10.4. The summed E-state index contributed by atoms with van der Waals surface area (Å²) in [7, 11) is 0. The third-order valence-electron chi connectivity index (χ3n) is 2.06. The van der Waals surface area contributed by atoms with Gasteiger partial charge in [-0.05, 0) is 6.92 Å². The fraction of sp³-hybridized carbons (Fsp3) is 0.333. The fourth-order valence-corrected chi connectivity index (χ4v) is 1.24. The number of hydrogen-bond acceptors (Lipinski definition) is 5. The SMILES string of the molecule is CCn1cnnc1CNc1ncc(F)cn1. The molecule has 0 radical (unpaired) electrons. The molecule has 6 nitrogen and oxygen atoms in total. The van der Waals surface area contributed by atoms with E-state index in [4.69, 9.17) is 0 Å². The van der Waals surface area contributed by atoms with Crippen molar-refractivity contribution in [3.63, 3.8) is 0 Å². The van der Waals surface area contributed by atoms with Gasteiger partial charge in [0.1, 0.15) is 6.33 Å². The summed E-state index contributed by atoms with van der Waals surface area (Å²) in [5.74, 6) is 0.699. The minimum atomic E-state index is -0.456. The Morgan fingerprint density at radius 1 is 1.38 bits per heavy atom. The van der Waals surface area contributed by atoms with E-state index in [2.05, 4.69) is 25.5 Å². The first-order valence-corrected chi connectivity index (χ1v) is 4.87. The van der Waals surface area contributed by atoms with Crippen LogP contribution in [-0.2, 0) is 13.1 Å². The van der Waals surface area contributed by atoms with Gasteiger partial charge in [-0.2, -0.15) is 0 Å². The van der Waals surface area contributed by atoms with E-state index in [0.717, 1.165) is 24.8 Å². The molecule has 0 aromatic carbocycles. The average Bonchev–Trinajstić information content (AvgIpc) is 2.76. The summed E-state index contributed by atoms with van der Waals surface area (Å²) in [4.78, 5) is 7.56. The highest BCUT2D eigenvalue weighted by molar-refractivity contribution is 5.22. The summed E-state index contributed by atoms with van der Waals surface area (Å²) in [6.07, 6.45) is 3.88. The molecule has 84 valence electrons. The molecule has 2 aromatic heterocycles. The molecule has 2 heterocycles. The highest BCUT2D eigenvalue weighted by Crippen LogP contribution is 2.01. The van der Waals surface area contributed by atoms with Crippen LogP contribution in [0.2, 0.25) is 0 Å². The number of anilines is 1. The van der Waals surface area contributed by atoms with Gasteiger partial charge in [0.15, 0.2) is 11.6 Å².